The predicted octanol–water partition coefficient (Wildman–Crippen LogP) is 2.97. The largest absolute Gasteiger partial charge is 0.392 e. The molecule has 17 heavy (non-hydrogen) atoms. The molecule has 2 rings (SSSR count). The van der Waals surface area contributed by atoms with Crippen LogP contribution in [0.15, 0.2) is 0 Å². The van der Waals surface area contributed by atoms with Gasteiger partial charge in [0, 0.05) is 5.92 Å². The SMILES string of the molecule is CC(C)[C@H]1CC[C@@]2(C)CCC[C@](C)(O)[C@@H]2[C@H]1O. The number of rotatable bonds is 1. The third-order valence-corrected chi connectivity index (χ3v) is 5.54. The molecule has 0 saturated heterocycles. The summed E-state index contributed by atoms with van der Waals surface area (Å²) < 4.78 is 0. The smallest absolute Gasteiger partial charge is 0.0677 e. The number of hydrogen-bond donors (Lipinski definition) is 2. The molecule has 0 aromatic heterocycles. The van der Waals surface area contributed by atoms with Crippen molar-refractivity contribution in [1.82, 2.24) is 0 Å². The Morgan fingerprint density at radius 1 is 1.12 bits per heavy atom. The van der Waals surface area contributed by atoms with Crippen molar-refractivity contribution in [2.75, 3.05) is 0 Å². The Balaban J connectivity index is 2.29. The van der Waals surface area contributed by atoms with Crippen LogP contribution in [-0.2, 0) is 0 Å². The molecule has 0 aromatic carbocycles. The van der Waals surface area contributed by atoms with E-state index in [9.17, 15) is 10.2 Å². The first kappa shape index (κ1) is 13.4. The summed E-state index contributed by atoms with van der Waals surface area (Å²) in [5.41, 5.74) is -0.535. The highest BCUT2D eigenvalue weighted by atomic mass is 16.3. The van der Waals surface area contributed by atoms with E-state index in [0.717, 1.165) is 32.1 Å². The summed E-state index contributed by atoms with van der Waals surface area (Å²) in [7, 11) is 0. The molecular weight excluding hydrogens is 212 g/mol. The second kappa shape index (κ2) is 4.24. The fourth-order valence-corrected chi connectivity index (χ4v) is 4.61. The minimum Gasteiger partial charge on any atom is -0.392 e. The summed E-state index contributed by atoms with van der Waals surface area (Å²) in [4.78, 5) is 0. The van der Waals surface area contributed by atoms with Crippen LogP contribution in [0.2, 0.25) is 0 Å². The fraction of sp³-hybridized carbons (Fsp3) is 1.00. The average Bonchev–Trinajstić information content (AvgIpc) is 2.14. The average molecular weight is 240 g/mol. The zero-order valence-corrected chi connectivity index (χ0v) is 11.7. The molecule has 0 unspecified atom stereocenters. The molecule has 0 aliphatic heterocycles. The third kappa shape index (κ3) is 2.15. The summed E-state index contributed by atoms with van der Waals surface area (Å²) >= 11 is 0. The molecule has 0 heterocycles. The van der Waals surface area contributed by atoms with Crippen molar-refractivity contribution < 1.29 is 10.2 Å². The van der Waals surface area contributed by atoms with E-state index in [1.165, 1.54) is 0 Å². The van der Waals surface area contributed by atoms with Crippen LogP contribution in [0, 0.1) is 23.2 Å². The zero-order valence-electron chi connectivity index (χ0n) is 11.7. The molecule has 5 atom stereocenters. The second-order valence-electron chi connectivity index (χ2n) is 7.28. The summed E-state index contributed by atoms with van der Waals surface area (Å²) in [6.45, 7) is 8.58. The Kier molecular flexibility index (Phi) is 3.33. The van der Waals surface area contributed by atoms with E-state index in [0.29, 0.717) is 11.8 Å². The Bertz CT molecular complexity index is 285. The van der Waals surface area contributed by atoms with Crippen LogP contribution in [0.1, 0.15) is 59.8 Å². The van der Waals surface area contributed by atoms with E-state index >= 15 is 0 Å². The van der Waals surface area contributed by atoms with E-state index in [2.05, 4.69) is 20.8 Å². The lowest BCUT2D eigenvalue weighted by molar-refractivity contribution is -0.184. The molecule has 2 aliphatic rings. The number of aliphatic hydroxyl groups is 2. The lowest BCUT2D eigenvalue weighted by Gasteiger charge is -2.57. The first-order valence-electron chi connectivity index (χ1n) is 7.18. The van der Waals surface area contributed by atoms with Crippen LogP contribution in [0.25, 0.3) is 0 Å². The monoisotopic (exact) mass is 240 g/mol. The molecular formula is C15H28O2. The minimum atomic E-state index is -0.681. The number of hydrogen-bond acceptors (Lipinski definition) is 2. The van der Waals surface area contributed by atoms with Gasteiger partial charge in [-0.25, -0.2) is 0 Å². The van der Waals surface area contributed by atoms with E-state index < -0.39 is 5.60 Å². The Labute approximate surface area is 105 Å². The van der Waals surface area contributed by atoms with Gasteiger partial charge in [0.25, 0.3) is 0 Å². The second-order valence-corrected chi connectivity index (χ2v) is 7.28. The van der Waals surface area contributed by atoms with Crippen molar-refractivity contribution in [1.29, 1.82) is 0 Å². The molecule has 2 fully saturated rings. The standard InChI is InChI=1S/C15H28O2/c1-10(2)11-6-9-14(3)7-5-8-15(4,17)13(14)12(11)16/h10-13,16-17H,5-9H2,1-4H3/t11-,12+,13-,14-,15+/m1/s1. The third-order valence-electron chi connectivity index (χ3n) is 5.54. The molecule has 2 nitrogen and oxygen atoms in total. The maximum absolute atomic E-state index is 10.7. The zero-order chi connectivity index (χ0) is 12.8. The Morgan fingerprint density at radius 2 is 1.76 bits per heavy atom. The first-order valence-corrected chi connectivity index (χ1v) is 7.18. The van der Waals surface area contributed by atoms with Gasteiger partial charge in [0.05, 0.1) is 11.7 Å². The van der Waals surface area contributed by atoms with Crippen LogP contribution >= 0.6 is 0 Å². The van der Waals surface area contributed by atoms with Crippen molar-refractivity contribution in [3.8, 4) is 0 Å². The Morgan fingerprint density at radius 3 is 2.35 bits per heavy atom. The predicted molar refractivity (Wildman–Crippen MR) is 69.6 cm³/mol. The van der Waals surface area contributed by atoms with Crippen LogP contribution in [0.3, 0.4) is 0 Å². The van der Waals surface area contributed by atoms with Gasteiger partial charge in [-0.2, -0.15) is 0 Å². The van der Waals surface area contributed by atoms with E-state index in [-0.39, 0.29) is 17.4 Å². The molecule has 2 saturated carbocycles. The van der Waals surface area contributed by atoms with E-state index in [4.69, 9.17) is 0 Å². The van der Waals surface area contributed by atoms with Gasteiger partial charge in [-0.15, -0.1) is 0 Å². The maximum atomic E-state index is 10.7. The molecule has 0 spiro atoms. The normalized spacial score (nSPS) is 51.4. The van der Waals surface area contributed by atoms with Gasteiger partial charge in [-0.1, -0.05) is 27.2 Å². The van der Waals surface area contributed by atoms with Gasteiger partial charge in [0.15, 0.2) is 0 Å². The Hall–Kier alpha value is -0.0800. The molecule has 2 N–H and O–H groups in total. The van der Waals surface area contributed by atoms with Crippen molar-refractivity contribution in [3.63, 3.8) is 0 Å². The summed E-state index contributed by atoms with van der Waals surface area (Å²) in [6, 6.07) is 0. The summed E-state index contributed by atoms with van der Waals surface area (Å²) in [6.07, 6.45) is 5.04. The molecule has 0 aromatic rings. The molecule has 100 valence electrons. The quantitative estimate of drug-likeness (QED) is 0.740. The number of fused-ring (bicyclic) bond motifs is 1. The van der Waals surface area contributed by atoms with Gasteiger partial charge >= 0.3 is 0 Å². The van der Waals surface area contributed by atoms with Crippen molar-refractivity contribution >= 4 is 0 Å². The highest BCUT2D eigenvalue weighted by Gasteiger charge is 2.55. The highest BCUT2D eigenvalue weighted by molar-refractivity contribution is 5.05. The van der Waals surface area contributed by atoms with Crippen LogP contribution in [-0.4, -0.2) is 21.9 Å². The van der Waals surface area contributed by atoms with Gasteiger partial charge in [-0.3, -0.25) is 0 Å². The molecule has 0 radical (unpaired) electrons. The highest BCUT2D eigenvalue weighted by Crippen LogP contribution is 2.56. The van der Waals surface area contributed by atoms with Gasteiger partial charge in [0.2, 0.25) is 0 Å². The van der Waals surface area contributed by atoms with E-state index in [1.807, 2.05) is 6.92 Å². The number of aliphatic hydroxyl groups excluding tert-OH is 1. The molecule has 2 heteroatoms. The van der Waals surface area contributed by atoms with Crippen molar-refractivity contribution in [2.45, 2.75) is 71.5 Å². The first-order chi connectivity index (χ1) is 7.78. The molecule has 2 aliphatic carbocycles. The topological polar surface area (TPSA) is 40.5 Å². The molecule has 0 amide bonds. The van der Waals surface area contributed by atoms with Crippen molar-refractivity contribution in [2.24, 2.45) is 23.2 Å². The van der Waals surface area contributed by atoms with Gasteiger partial charge in [0.1, 0.15) is 0 Å². The molecule has 0 bridgehead atoms. The fourth-order valence-electron chi connectivity index (χ4n) is 4.61. The van der Waals surface area contributed by atoms with Crippen molar-refractivity contribution in [3.05, 3.63) is 0 Å². The van der Waals surface area contributed by atoms with Crippen LogP contribution in [0.4, 0.5) is 0 Å². The van der Waals surface area contributed by atoms with E-state index in [1.54, 1.807) is 0 Å². The lowest BCUT2D eigenvalue weighted by atomic mass is 9.51. The maximum Gasteiger partial charge on any atom is 0.0677 e. The lowest BCUT2D eigenvalue weighted by Crippen LogP contribution is -2.58. The van der Waals surface area contributed by atoms with Gasteiger partial charge < -0.3 is 10.2 Å². The van der Waals surface area contributed by atoms with Gasteiger partial charge in [-0.05, 0) is 49.9 Å². The summed E-state index contributed by atoms with van der Waals surface area (Å²) in [5, 5.41) is 21.3. The van der Waals surface area contributed by atoms with Crippen LogP contribution < -0.4 is 0 Å². The van der Waals surface area contributed by atoms with Crippen LogP contribution in [0.5, 0.6) is 0 Å². The summed E-state index contributed by atoms with van der Waals surface area (Å²) in [5.74, 6) is 0.926. The minimum absolute atomic E-state index is 0.0601.